The van der Waals surface area contributed by atoms with E-state index in [0.717, 1.165) is 12.8 Å². The van der Waals surface area contributed by atoms with Crippen molar-refractivity contribution in [2.24, 2.45) is 0 Å². The largest absolute Gasteiger partial charge is 0.352 e. The second-order valence-corrected chi connectivity index (χ2v) is 5.86. The zero-order chi connectivity index (χ0) is 15.5. The molecule has 0 atom stereocenters. The van der Waals surface area contributed by atoms with Gasteiger partial charge in [-0.1, -0.05) is 12.1 Å². The lowest BCUT2D eigenvalue weighted by Crippen LogP contribution is -2.37. The van der Waals surface area contributed by atoms with E-state index in [2.05, 4.69) is 15.3 Å². The van der Waals surface area contributed by atoms with Crippen LogP contribution in [-0.2, 0) is 11.2 Å². The van der Waals surface area contributed by atoms with Crippen LogP contribution in [0.5, 0.6) is 0 Å². The van der Waals surface area contributed by atoms with Crippen LogP contribution in [-0.4, -0.2) is 47.0 Å². The molecule has 3 rings (SSSR count). The summed E-state index contributed by atoms with van der Waals surface area (Å²) < 4.78 is 0. The molecule has 2 aromatic rings. The van der Waals surface area contributed by atoms with E-state index in [1.54, 1.807) is 6.07 Å². The van der Waals surface area contributed by atoms with Crippen LogP contribution in [0.25, 0.3) is 10.9 Å². The van der Waals surface area contributed by atoms with Crippen molar-refractivity contribution < 1.29 is 4.79 Å². The van der Waals surface area contributed by atoms with Gasteiger partial charge in [0.1, 0.15) is 5.82 Å². The second kappa shape index (κ2) is 6.27. The van der Waals surface area contributed by atoms with Crippen LogP contribution in [0.1, 0.15) is 18.7 Å². The molecule has 1 aliphatic carbocycles. The molecule has 0 aliphatic heterocycles. The molecule has 1 saturated carbocycles. The van der Waals surface area contributed by atoms with Crippen molar-refractivity contribution in [2.75, 3.05) is 20.1 Å². The summed E-state index contributed by atoms with van der Waals surface area (Å²) in [4.78, 5) is 32.9. The zero-order valence-corrected chi connectivity index (χ0v) is 12.6. The monoisotopic (exact) mass is 300 g/mol. The number of amides is 1. The summed E-state index contributed by atoms with van der Waals surface area (Å²) in [6.45, 7) is 1.04. The molecule has 1 aliphatic rings. The summed E-state index contributed by atoms with van der Waals surface area (Å²) >= 11 is 0. The highest BCUT2D eigenvalue weighted by atomic mass is 16.2. The Kier molecular flexibility index (Phi) is 4.20. The van der Waals surface area contributed by atoms with Crippen LogP contribution < -0.4 is 10.9 Å². The molecule has 0 saturated heterocycles. The predicted octanol–water partition coefficient (Wildman–Crippen LogP) is 0.676. The molecule has 1 heterocycles. The van der Waals surface area contributed by atoms with Crippen LogP contribution in [0.15, 0.2) is 29.1 Å². The van der Waals surface area contributed by atoms with E-state index < -0.39 is 0 Å². The van der Waals surface area contributed by atoms with Gasteiger partial charge in [-0.25, -0.2) is 4.98 Å². The smallest absolute Gasteiger partial charge is 0.258 e. The van der Waals surface area contributed by atoms with Gasteiger partial charge in [0.2, 0.25) is 5.91 Å². The third kappa shape index (κ3) is 3.71. The summed E-state index contributed by atoms with van der Waals surface area (Å²) in [5.74, 6) is 0.711. The highest BCUT2D eigenvalue weighted by Gasteiger charge is 2.23. The number of H-pyrrole nitrogens is 1. The number of aromatic amines is 1. The van der Waals surface area contributed by atoms with Gasteiger partial charge in [0.25, 0.3) is 5.56 Å². The number of carbonyl (C=O) groups is 1. The number of carbonyl (C=O) groups excluding carboxylic acids is 1. The van der Waals surface area contributed by atoms with Crippen molar-refractivity contribution in [2.45, 2.75) is 25.3 Å². The summed E-state index contributed by atoms with van der Waals surface area (Å²) in [5.41, 5.74) is 0.588. The normalized spacial score (nSPS) is 14.5. The molecule has 0 unspecified atom stereocenters. The lowest BCUT2D eigenvalue weighted by molar-refractivity contribution is -0.122. The van der Waals surface area contributed by atoms with Crippen molar-refractivity contribution in [1.29, 1.82) is 0 Å². The van der Waals surface area contributed by atoms with E-state index in [4.69, 9.17) is 0 Å². The van der Waals surface area contributed by atoms with Crippen LogP contribution in [0.2, 0.25) is 0 Å². The predicted molar refractivity (Wildman–Crippen MR) is 84.7 cm³/mol. The minimum absolute atomic E-state index is 0.0602. The minimum Gasteiger partial charge on any atom is -0.352 e. The first-order valence-corrected chi connectivity index (χ1v) is 7.57. The number of hydrogen-bond acceptors (Lipinski definition) is 4. The summed E-state index contributed by atoms with van der Waals surface area (Å²) in [7, 11) is 1.89. The van der Waals surface area contributed by atoms with Crippen molar-refractivity contribution >= 4 is 16.8 Å². The minimum atomic E-state index is -0.116. The number of para-hydroxylation sites is 1. The summed E-state index contributed by atoms with van der Waals surface area (Å²) in [6.07, 6.45) is 2.79. The number of nitrogens with one attached hydrogen (secondary N) is 2. The third-order valence-corrected chi connectivity index (χ3v) is 3.75. The molecule has 2 N–H and O–H groups in total. The Morgan fingerprint density at radius 1 is 1.41 bits per heavy atom. The van der Waals surface area contributed by atoms with E-state index in [9.17, 15) is 9.59 Å². The van der Waals surface area contributed by atoms with Gasteiger partial charge in [-0.15, -0.1) is 0 Å². The molecule has 1 fully saturated rings. The molecule has 0 bridgehead atoms. The molecular weight excluding hydrogens is 280 g/mol. The average Bonchev–Trinajstić information content (AvgIpc) is 3.29. The Morgan fingerprint density at radius 3 is 2.95 bits per heavy atom. The fourth-order valence-electron chi connectivity index (χ4n) is 2.38. The topological polar surface area (TPSA) is 78.1 Å². The first-order chi connectivity index (χ1) is 10.6. The van der Waals surface area contributed by atoms with Gasteiger partial charge in [-0.2, -0.15) is 0 Å². The van der Waals surface area contributed by atoms with E-state index in [0.29, 0.717) is 42.3 Å². The van der Waals surface area contributed by atoms with Crippen molar-refractivity contribution in [3.05, 3.63) is 40.4 Å². The Morgan fingerprint density at radius 2 is 2.18 bits per heavy atom. The number of hydrogen-bond donors (Lipinski definition) is 2. The van der Waals surface area contributed by atoms with Gasteiger partial charge >= 0.3 is 0 Å². The van der Waals surface area contributed by atoms with Crippen molar-refractivity contribution in [3.8, 4) is 0 Å². The first-order valence-electron chi connectivity index (χ1n) is 7.57. The fourth-order valence-corrected chi connectivity index (χ4v) is 2.38. The molecular formula is C16H20N4O2. The maximum atomic E-state index is 12.0. The maximum absolute atomic E-state index is 12.0. The van der Waals surface area contributed by atoms with Gasteiger partial charge in [0.05, 0.1) is 17.4 Å². The molecule has 1 amide bonds. The first kappa shape index (κ1) is 14.7. The molecule has 1 aromatic heterocycles. The number of likely N-dealkylation sites (N-methyl/N-ethyl adjacent to an activating group) is 1. The molecule has 22 heavy (non-hydrogen) atoms. The van der Waals surface area contributed by atoms with Gasteiger partial charge in [0.15, 0.2) is 0 Å². The van der Waals surface area contributed by atoms with Crippen molar-refractivity contribution in [1.82, 2.24) is 20.2 Å². The number of aromatic nitrogens is 2. The second-order valence-electron chi connectivity index (χ2n) is 5.86. The molecule has 6 heteroatoms. The molecule has 0 radical (unpaired) electrons. The molecule has 0 spiro atoms. The van der Waals surface area contributed by atoms with Gasteiger partial charge < -0.3 is 10.3 Å². The van der Waals surface area contributed by atoms with Gasteiger partial charge in [-0.05, 0) is 32.0 Å². The molecule has 116 valence electrons. The summed E-state index contributed by atoms with van der Waals surface area (Å²) in [6, 6.07) is 7.68. The Balaban J connectivity index is 1.58. The highest BCUT2D eigenvalue weighted by molar-refractivity contribution is 5.78. The third-order valence-electron chi connectivity index (χ3n) is 3.75. The van der Waals surface area contributed by atoms with E-state index in [-0.39, 0.29) is 11.5 Å². The average molecular weight is 300 g/mol. The van der Waals surface area contributed by atoms with Crippen LogP contribution in [0.3, 0.4) is 0 Å². The summed E-state index contributed by atoms with van der Waals surface area (Å²) in [5, 5.41) is 3.56. The van der Waals surface area contributed by atoms with E-state index in [1.807, 2.05) is 30.1 Å². The SMILES string of the molecule is CN(CCc1nc2ccccc2c(=O)[nH]1)CC(=O)NC1CC1. The Labute approximate surface area is 128 Å². The van der Waals surface area contributed by atoms with Gasteiger partial charge in [0, 0.05) is 19.0 Å². The fraction of sp³-hybridized carbons (Fsp3) is 0.438. The number of rotatable bonds is 6. The van der Waals surface area contributed by atoms with Crippen LogP contribution in [0.4, 0.5) is 0 Å². The standard InChI is InChI=1S/C16H20N4O2/c1-20(10-15(21)17-11-6-7-11)9-8-14-18-13-5-3-2-4-12(13)16(22)19-14/h2-5,11H,6-10H2,1H3,(H,17,21)(H,18,19,22). The lowest BCUT2D eigenvalue weighted by atomic mass is 10.2. The quantitative estimate of drug-likeness (QED) is 0.822. The van der Waals surface area contributed by atoms with E-state index >= 15 is 0 Å². The highest BCUT2D eigenvalue weighted by Crippen LogP contribution is 2.18. The molecule has 6 nitrogen and oxygen atoms in total. The Hall–Kier alpha value is -2.21. The van der Waals surface area contributed by atoms with Crippen molar-refractivity contribution in [3.63, 3.8) is 0 Å². The molecule has 1 aromatic carbocycles. The number of fused-ring (bicyclic) bond motifs is 1. The maximum Gasteiger partial charge on any atom is 0.258 e. The Bertz CT molecular complexity index is 736. The van der Waals surface area contributed by atoms with Crippen LogP contribution in [0, 0.1) is 0 Å². The number of benzene rings is 1. The number of nitrogens with zero attached hydrogens (tertiary/aromatic N) is 2. The van der Waals surface area contributed by atoms with Crippen LogP contribution >= 0.6 is 0 Å². The lowest BCUT2D eigenvalue weighted by Gasteiger charge is -2.15. The van der Waals surface area contributed by atoms with Gasteiger partial charge in [-0.3, -0.25) is 14.5 Å². The zero-order valence-electron chi connectivity index (χ0n) is 12.6. The van der Waals surface area contributed by atoms with E-state index in [1.165, 1.54) is 0 Å².